The number of amides is 1. The van der Waals surface area contributed by atoms with E-state index in [1.807, 2.05) is 30.3 Å². The lowest BCUT2D eigenvalue weighted by atomic mass is 9.78. The summed E-state index contributed by atoms with van der Waals surface area (Å²) < 4.78 is 13.1. The summed E-state index contributed by atoms with van der Waals surface area (Å²) in [6, 6.07) is 27.0. The molecule has 3 aromatic carbocycles. The molecule has 2 heterocycles. The Morgan fingerprint density at radius 3 is 2.33 bits per heavy atom. The monoisotopic (exact) mass is 560 g/mol. The van der Waals surface area contributed by atoms with Gasteiger partial charge in [-0.15, -0.1) is 5.10 Å². The van der Waals surface area contributed by atoms with E-state index < -0.39 is 5.91 Å². The lowest BCUT2D eigenvalue weighted by Crippen LogP contribution is -2.18. The van der Waals surface area contributed by atoms with Gasteiger partial charge in [0.15, 0.2) is 5.76 Å². The van der Waals surface area contributed by atoms with E-state index in [9.17, 15) is 4.79 Å². The summed E-state index contributed by atoms with van der Waals surface area (Å²) in [6.07, 6.45) is 1.49. The zero-order chi connectivity index (χ0) is 27.4. The lowest BCUT2D eigenvalue weighted by molar-refractivity contribution is 0.0991. The van der Waals surface area contributed by atoms with Gasteiger partial charge in [-0.2, -0.15) is 0 Å². The van der Waals surface area contributed by atoms with Crippen molar-refractivity contribution in [2.75, 3.05) is 5.32 Å². The predicted octanol–water partition coefficient (Wildman–Crippen LogP) is 7.38. The molecule has 0 unspecified atom stereocenters. The third-order valence-corrected chi connectivity index (χ3v) is 7.19. The predicted molar refractivity (Wildman–Crippen MR) is 152 cm³/mol. The van der Waals surface area contributed by atoms with Gasteiger partial charge in [0.05, 0.1) is 6.54 Å². The topological polar surface area (TPSA) is 82.2 Å². The van der Waals surface area contributed by atoms with Crippen LogP contribution in [0.5, 0.6) is 5.75 Å². The molecule has 0 aliphatic rings. The van der Waals surface area contributed by atoms with E-state index in [1.165, 1.54) is 22.1 Å². The first-order valence-corrected chi connectivity index (χ1v) is 13.1. The van der Waals surface area contributed by atoms with Crippen LogP contribution < -0.4 is 10.1 Å². The Kier molecular flexibility index (Phi) is 7.72. The van der Waals surface area contributed by atoms with Crippen molar-refractivity contribution in [2.24, 2.45) is 0 Å². The maximum Gasteiger partial charge on any atom is 0.293 e. The number of ether oxygens (including phenoxy) is 1. The first kappa shape index (κ1) is 26.5. The number of nitrogens with zero attached hydrogens (tertiary/aromatic N) is 3. The molecule has 0 fully saturated rings. The Morgan fingerprint density at radius 1 is 0.923 bits per heavy atom. The standard InChI is InChI=1S/C30H26Cl2N4O3/c1-30(2,20-7-4-3-5-8-20)21-11-13-22(14-12-21)38-18-23-15-16-27(39-23)28(37)34-29-33-19-36(35-29)17-24-25(31)9-6-10-26(24)32/h3-16,19H,17-18H2,1-2H3,(H,34,35,37). The van der Waals surface area contributed by atoms with Gasteiger partial charge in [0, 0.05) is 21.0 Å². The fourth-order valence-corrected chi connectivity index (χ4v) is 4.67. The molecule has 0 spiro atoms. The van der Waals surface area contributed by atoms with Crippen LogP contribution in [0.3, 0.4) is 0 Å². The Morgan fingerprint density at radius 2 is 1.62 bits per heavy atom. The highest BCUT2D eigenvalue weighted by Gasteiger charge is 2.22. The maximum absolute atomic E-state index is 12.6. The normalized spacial score (nSPS) is 11.4. The molecule has 9 heteroatoms. The van der Waals surface area contributed by atoms with Gasteiger partial charge in [-0.25, -0.2) is 9.67 Å². The summed E-state index contributed by atoms with van der Waals surface area (Å²) in [4.78, 5) is 16.8. The van der Waals surface area contributed by atoms with Crippen LogP contribution in [0.4, 0.5) is 5.95 Å². The smallest absolute Gasteiger partial charge is 0.293 e. The van der Waals surface area contributed by atoms with Crippen molar-refractivity contribution in [3.8, 4) is 5.75 Å². The number of hydrogen-bond donors (Lipinski definition) is 1. The fraction of sp³-hybridized carbons (Fsp3) is 0.167. The van der Waals surface area contributed by atoms with Gasteiger partial charge in [-0.05, 0) is 47.5 Å². The molecule has 1 amide bonds. The number of anilines is 1. The van der Waals surface area contributed by atoms with Crippen molar-refractivity contribution in [3.63, 3.8) is 0 Å². The summed E-state index contributed by atoms with van der Waals surface area (Å²) in [5.74, 6) is 1.01. The number of halogens is 2. The molecule has 0 aliphatic carbocycles. The van der Waals surface area contributed by atoms with Gasteiger partial charge in [0.2, 0.25) is 5.95 Å². The van der Waals surface area contributed by atoms with E-state index in [1.54, 1.807) is 30.3 Å². The molecular weight excluding hydrogens is 535 g/mol. The van der Waals surface area contributed by atoms with E-state index >= 15 is 0 Å². The highest BCUT2D eigenvalue weighted by Crippen LogP contribution is 2.32. The second-order valence-electron chi connectivity index (χ2n) is 9.49. The number of nitrogens with one attached hydrogen (secondary N) is 1. The maximum atomic E-state index is 12.6. The second kappa shape index (κ2) is 11.4. The fourth-order valence-electron chi connectivity index (χ4n) is 4.16. The number of carbonyl (C=O) groups is 1. The molecule has 0 bridgehead atoms. The molecule has 7 nitrogen and oxygen atoms in total. The summed E-state index contributed by atoms with van der Waals surface area (Å²) in [6.45, 7) is 4.89. The highest BCUT2D eigenvalue weighted by molar-refractivity contribution is 6.35. The summed E-state index contributed by atoms with van der Waals surface area (Å²) in [7, 11) is 0. The van der Waals surface area contributed by atoms with Crippen LogP contribution in [-0.4, -0.2) is 20.7 Å². The molecule has 198 valence electrons. The number of aromatic nitrogens is 3. The van der Waals surface area contributed by atoms with Crippen molar-refractivity contribution in [1.82, 2.24) is 14.8 Å². The average molecular weight is 561 g/mol. The number of hydrogen-bond acceptors (Lipinski definition) is 5. The Hall–Kier alpha value is -4.07. The van der Waals surface area contributed by atoms with Crippen LogP contribution in [0.1, 0.15) is 46.9 Å². The summed E-state index contributed by atoms with van der Waals surface area (Å²) >= 11 is 12.5. The third kappa shape index (κ3) is 6.16. The zero-order valence-corrected chi connectivity index (χ0v) is 22.9. The number of benzene rings is 3. The summed E-state index contributed by atoms with van der Waals surface area (Å²) in [5.41, 5.74) is 3.01. The summed E-state index contributed by atoms with van der Waals surface area (Å²) in [5, 5.41) is 7.96. The van der Waals surface area contributed by atoms with Crippen LogP contribution in [0.2, 0.25) is 10.0 Å². The van der Waals surface area contributed by atoms with Crippen LogP contribution in [0.15, 0.2) is 95.7 Å². The number of furan rings is 1. The Bertz CT molecular complexity index is 1560. The van der Waals surface area contributed by atoms with Gasteiger partial charge >= 0.3 is 0 Å². The first-order chi connectivity index (χ1) is 18.8. The van der Waals surface area contributed by atoms with E-state index in [4.69, 9.17) is 32.4 Å². The van der Waals surface area contributed by atoms with Crippen LogP contribution in [-0.2, 0) is 18.6 Å². The first-order valence-electron chi connectivity index (χ1n) is 12.3. The molecular formula is C30H26Cl2N4O3. The third-order valence-electron chi connectivity index (χ3n) is 6.48. The Balaban J connectivity index is 1.16. The minimum Gasteiger partial charge on any atom is -0.486 e. The zero-order valence-electron chi connectivity index (χ0n) is 21.4. The van der Waals surface area contributed by atoms with E-state index in [0.717, 1.165) is 0 Å². The molecule has 0 aliphatic heterocycles. The van der Waals surface area contributed by atoms with Crippen LogP contribution in [0.25, 0.3) is 0 Å². The van der Waals surface area contributed by atoms with Crippen LogP contribution >= 0.6 is 23.2 Å². The van der Waals surface area contributed by atoms with Gasteiger partial charge in [-0.1, -0.05) is 85.6 Å². The SMILES string of the molecule is CC(C)(c1ccccc1)c1ccc(OCc2ccc(C(=O)Nc3ncn(Cc4c(Cl)cccc4Cl)n3)o2)cc1. The molecule has 39 heavy (non-hydrogen) atoms. The van der Waals surface area contributed by atoms with Crippen molar-refractivity contribution < 1.29 is 13.9 Å². The second-order valence-corrected chi connectivity index (χ2v) is 10.3. The number of rotatable bonds is 9. The van der Waals surface area contributed by atoms with Crippen LogP contribution in [0, 0.1) is 0 Å². The molecule has 0 atom stereocenters. The van der Waals surface area contributed by atoms with Gasteiger partial charge < -0.3 is 9.15 Å². The molecule has 5 aromatic rings. The molecule has 0 saturated heterocycles. The minimum atomic E-state index is -0.470. The Labute approximate surface area is 236 Å². The van der Waals surface area contributed by atoms with Gasteiger partial charge in [0.1, 0.15) is 24.4 Å². The minimum absolute atomic E-state index is 0.124. The molecule has 0 radical (unpaired) electrons. The van der Waals surface area contributed by atoms with E-state index in [2.05, 4.69) is 53.5 Å². The highest BCUT2D eigenvalue weighted by atomic mass is 35.5. The largest absolute Gasteiger partial charge is 0.486 e. The molecule has 1 N–H and O–H groups in total. The van der Waals surface area contributed by atoms with E-state index in [-0.39, 0.29) is 23.7 Å². The van der Waals surface area contributed by atoms with Gasteiger partial charge in [0.25, 0.3) is 5.91 Å². The molecule has 2 aromatic heterocycles. The van der Waals surface area contributed by atoms with Crippen molar-refractivity contribution in [3.05, 3.63) is 130 Å². The molecule has 0 saturated carbocycles. The quantitative estimate of drug-likeness (QED) is 0.203. The van der Waals surface area contributed by atoms with Crippen molar-refractivity contribution in [1.29, 1.82) is 0 Å². The number of carbonyl (C=O) groups excluding carboxylic acids is 1. The molecule has 5 rings (SSSR count). The van der Waals surface area contributed by atoms with Crippen molar-refractivity contribution in [2.45, 2.75) is 32.4 Å². The lowest BCUT2D eigenvalue weighted by Gasteiger charge is -2.26. The van der Waals surface area contributed by atoms with Crippen molar-refractivity contribution >= 4 is 35.1 Å². The average Bonchev–Trinajstić information content (AvgIpc) is 3.60. The van der Waals surface area contributed by atoms with Gasteiger partial charge in [-0.3, -0.25) is 10.1 Å². The van der Waals surface area contributed by atoms with E-state index in [0.29, 0.717) is 33.7 Å².